The maximum Gasteiger partial charge on any atom is 0.294 e. The number of nitro benzene ring substituents is 1. The minimum Gasteiger partial charge on any atom is -0.362 e. The van der Waals surface area contributed by atoms with Crippen LogP contribution in [0.4, 0.5) is 11.4 Å². The maximum absolute atomic E-state index is 11.3. The molecule has 0 bridgehead atoms. The molecule has 5 nitrogen and oxygen atoms in total. The van der Waals surface area contributed by atoms with Crippen LogP contribution in [0.15, 0.2) is 12.1 Å². The molecular formula is C14H17Cl2N3O2. The van der Waals surface area contributed by atoms with Crippen molar-refractivity contribution < 1.29 is 4.92 Å². The molecule has 3 unspecified atom stereocenters. The number of nitro groups is 1. The lowest BCUT2D eigenvalue weighted by Crippen LogP contribution is -2.35. The SMILES string of the molecule is CCC1C2CNCC2CN1c1cc(Cl)c(Cl)cc1[N+](=O)[O-]. The number of nitrogens with zero attached hydrogens (tertiary/aromatic N) is 2. The molecular weight excluding hydrogens is 313 g/mol. The number of hydrogen-bond donors (Lipinski definition) is 1. The Bertz CT molecular complexity index is 582. The van der Waals surface area contributed by atoms with E-state index in [4.69, 9.17) is 23.2 Å². The van der Waals surface area contributed by atoms with Crippen molar-refractivity contribution in [2.45, 2.75) is 19.4 Å². The summed E-state index contributed by atoms with van der Waals surface area (Å²) < 4.78 is 0. The molecule has 1 aromatic rings. The Morgan fingerprint density at radius 1 is 1.38 bits per heavy atom. The molecule has 0 spiro atoms. The number of benzene rings is 1. The maximum atomic E-state index is 11.3. The number of fused-ring (bicyclic) bond motifs is 1. The Hall–Kier alpha value is -1.04. The lowest BCUT2D eigenvalue weighted by molar-refractivity contribution is -0.384. The van der Waals surface area contributed by atoms with Gasteiger partial charge in [0.2, 0.25) is 0 Å². The van der Waals surface area contributed by atoms with Gasteiger partial charge in [0.1, 0.15) is 5.69 Å². The second-order valence-corrected chi connectivity index (χ2v) is 6.54. The van der Waals surface area contributed by atoms with Gasteiger partial charge >= 0.3 is 0 Å². The first-order chi connectivity index (χ1) is 10.0. The average Bonchev–Trinajstić information content (AvgIpc) is 3.00. The van der Waals surface area contributed by atoms with E-state index in [9.17, 15) is 10.1 Å². The minimum atomic E-state index is -0.378. The lowest BCUT2D eigenvalue weighted by atomic mass is 9.93. The summed E-state index contributed by atoms with van der Waals surface area (Å²) in [5, 5.41) is 15.3. The van der Waals surface area contributed by atoms with Gasteiger partial charge in [0.15, 0.2) is 0 Å². The van der Waals surface area contributed by atoms with Gasteiger partial charge in [-0.25, -0.2) is 0 Å². The van der Waals surface area contributed by atoms with Gasteiger partial charge in [-0.15, -0.1) is 0 Å². The minimum absolute atomic E-state index is 0.0378. The summed E-state index contributed by atoms with van der Waals surface area (Å²) in [6, 6.07) is 3.30. The molecule has 2 aliphatic rings. The fourth-order valence-electron chi connectivity index (χ4n) is 3.73. The quantitative estimate of drug-likeness (QED) is 0.682. The van der Waals surface area contributed by atoms with E-state index in [2.05, 4.69) is 17.1 Å². The van der Waals surface area contributed by atoms with Crippen LogP contribution < -0.4 is 10.2 Å². The van der Waals surface area contributed by atoms with Crippen LogP contribution in [0.3, 0.4) is 0 Å². The van der Waals surface area contributed by atoms with Crippen LogP contribution in [-0.4, -0.2) is 30.6 Å². The highest BCUT2D eigenvalue weighted by atomic mass is 35.5. The molecule has 114 valence electrons. The van der Waals surface area contributed by atoms with Crippen molar-refractivity contribution in [3.63, 3.8) is 0 Å². The Morgan fingerprint density at radius 2 is 2.10 bits per heavy atom. The van der Waals surface area contributed by atoms with Gasteiger partial charge in [-0.2, -0.15) is 0 Å². The van der Waals surface area contributed by atoms with Gasteiger partial charge in [-0.05, 0) is 24.3 Å². The zero-order valence-corrected chi connectivity index (χ0v) is 13.2. The van der Waals surface area contributed by atoms with Crippen molar-refractivity contribution >= 4 is 34.6 Å². The van der Waals surface area contributed by atoms with E-state index in [0.717, 1.165) is 26.1 Å². The molecule has 2 saturated heterocycles. The van der Waals surface area contributed by atoms with Gasteiger partial charge in [-0.3, -0.25) is 10.1 Å². The zero-order valence-electron chi connectivity index (χ0n) is 11.7. The highest BCUT2D eigenvalue weighted by molar-refractivity contribution is 6.42. The first-order valence-corrected chi connectivity index (χ1v) is 7.89. The number of anilines is 1. The van der Waals surface area contributed by atoms with Gasteiger partial charge in [0.25, 0.3) is 5.69 Å². The van der Waals surface area contributed by atoms with E-state index < -0.39 is 0 Å². The third-order valence-corrected chi connectivity index (χ3v) is 5.38. The van der Waals surface area contributed by atoms with Crippen LogP contribution >= 0.6 is 23.2 Å². The fourth-order valence-corrected chi connectivity index (χ4v) is 4.04. The average molecular weight is 330 g/mol. The van der Waals surface area contributed by atoms with E-state index in [1.54, 1.807) is 6.07 Å². The van der Waals surface area contributed by atoms with Gasteiger partial charge < -0.3 is 10.2 Å². The number of halogens is 2. The van der Waals surface area contributed by atoms with Gasteiger partial charge in [0, 0.05) is 31.7 Å². The molecule has 0 amide bonds. The number of hydrogen-bond acceptors (Lipinski definition) is 4. The third kappa shape index (κ3) is 2.47. The highest BCUT2D eigenvalue weighted by Gasteiger charge is 2.44. The van der Waals surface area contributed by atoms with Crippen molar-refractivity contribution in [2.24, 2.45) is 11.8 Å². The van der Waals surface area contributed by atoms with E-state index in [0.29, 0.717) is 28.6 Å². The van der Waals surface area contributed by atoms with E-state index in [-0.39, 0.29) is 15.6 Å². The topological polar surface area (TPSA) is 58.4 Å². The van der Waals surface area contributed by atoms with Crippen molar-refractivity contribution in [2.75, 3.05) is 24.5 Å². The summed E-state index contributed by atoms with van der Waals surface area (Å²) in [6.45, 7) is 4.91. The largest absolute Gasteiger partial charge is 0.362 e. The van der Waals surface area contributed by atoms with Gasteiger partial charge in [-0.1, -0.05) is 30.1 Å². The van der Waals surface area contributed by atoms with Crippen LogP contribution in [0.25, 0.3) is 0 Å². The Kier molecular flexibility index (Phi) is 3.99. The molecule has 0 aliphatic carbocycles. The first-order valence-electron chi connectivity index (χ1n) is 7.13. The summed E-state index contributed by atoms with van der Waals surface area (Å²) in [6.07, 6.45) is 0.959. The Labute approximate surface area is 133 Å². The first kappa shape index (κ1) is 14.9. The molecule has 2 fully saturated rings. The molecule has 2 heterocycles. The molecule has 2 aliphatic heterocycles. The molecule has 21 heavy (non-hydrogen) atoms. The molecule has 7 heteroatoms. The number of rotatable bonds is 3. The molecule has 3 rings (SSSR count). The lowest BCUT2D eigenvalue weighted by Gasteiger charge is -2.28. The van der Waals surface area contributed by atoms with Crippen molar-refractivity contribution in [1.82, 2.24) is 5.32 Å². The molecule has 1 N–H and O–H groups in total. The van der Waals surface area contributed by atoms with Crippen LogP contribution in [-0.2, 0) is 0 Å². The van der Waals surface area contributed by atoms with E-state index in [1.807, 2.05) is 0 Å². The predicted octanol–water partition coefficient (Wildman–Crippen LogP) is 3.34. The standard InChI is InChI=1S/C14H17Cl2N3O2/c1-2-12-9-6-17-5-8(9)7-18(12)13-3-10(15)11(16)4-14(13)19(20)21/h3-4,8-9,12,17H,2,5-7H2,1H3. The smallest absolute Gasteiger partial charge is 0.294 e. The fraction of sp³-hybridized carbons (Fsp3) is 0.571. The van der Waals surface area contributed by atoms with Crippen molar-refractivity contribution in [3.05, 3.63) is 32.3 Å². The number of nitrogens with one attached hydrogen (secondary N) is 1. The van der Waals surface area contributed by atoms with Crippen LogP contribution in [0.1, 0.15) is 13.3 Å². The van der Waals surface area contributed by atoms with Crippen LogP contribution in [0.5, 0.6) is 0 Å². The molecule has 1 aromatic carbocycles. The molecule has 0 aromatic heterocycles. The summed E-state index contributed by atoms with van der Waals surface area (Å²) in [5.41, 5.74) is 0.631. The van der Waals surface area contributed by atoms with E-state index in [1.165, 1.54) is 6.07 Å². The Morgan fingerprint density at radius 3 is 2.76 bits per heavy atom. The van der Waals surface area contributed by atoms with Crippen LogP contribution in [0.2, 0.25) is 10.0 Å². The van der Waals surface area contributed by atoms with Crippen molar-refractivity contribution in [3.8, 4) is 0 Å². The summed E-state index contributed by atoms with van der Waals surface area (Å²) in [4.78, 5) is 13.1. The predicted molar refractivity (Wildman–Crippen MR) is 84.4 cm³/mol. The highest BCUT2D eigenvalue weighted by Crippen LogP contribution is 2.43. The third-order valence-electron chi connectivity index (χ3n) is 4.66. The van der Waals surface area contributed by atoms with Gasteiger partial charge in [0.05, 0.1) is 15.0 Å². The molecule has 3 atom stereocenters. The monoisotopic (exact) mass is 329 g/mol. The van der Waals surface area contributed by atoms with Crippen molar-refractivity contribution in [1.29, 1.82) is 0 Å². The summed E-state index contributed by atoms with van der Waals surface area (Å²) in [5.74, 6) is 1.09. The summed E-state index contributed by atoms with van der Waals surface area (Å²) >= 11 is 12.0. The molecule has 0 saturated carbocycles. The Balaban J connectivity index is 2.03. The second-order valence-electron chi connectivity index (χ2n) is 5.72. The summed E-state index contributed by atoms with van der Waals surface area (Å²) in [7, 11) is 0. The second kappa shape index (κ2) is 5.63. The molecule has 0 radical (unpaired) electrons. The zero-order chi connectivity index (χ0) is 15.1. The normalized spacial score (nSPS) is 28.0. The van der Waals surface area contributed by atoms with Crippen LogP contribution in [0, 0.1) is 22.0 Å². The van der Waals surface area contributed by atoms with E-state index >= 15 is 0 Å².